The van der Waals surface area contributed by atoms with E-state index in [-0.39, 0.29) is 17.9 Å². The molecule has 1 aromatic rings. The first-order valence-electron chi connectivity index (χ1n) is 6.40. The number of carbonyl (C=O) groups is 1. The molecule has 0 aliphatic heterocycles. The largest absolute Gasteiger partial charge is 0.328 e. The highest BCUT2D eigenvalue weighted by Gasteiger charge is 2.24. The minimum absolute atomic E-state index is 0.125. The van der Waals surface area contributed by atoms with Crippen LogP contribution in [0, 0.1) is 5.92 Å². The fourth-order valence-corrected chi connectivity index (χ4v) is 2.92. The standard InChI is InChI=1S/C14H20N2OS/c1-18-13-5-3-2-4-12(13)16-14(17)10-6-8-11(15)9-7-10/h2-5,10-11H,6-9,15H2,1H3,(H,16,17). The summed E-state index contributed by atoms with van der Waals surface area (Å²) >= 11 is 1.65. The smallest absolute Gasteiger partial charge is 0.227 e. The van der Waals surface area contributed by atoms with Crippen molar-refractivity contribution >= 4 is 23.4 Å². The number of hydrogen-bond acceptors (Lipinski definition) is 3. The van der Waals surface area contributed by atoms with Crippen molar-refractivity contribution in [3.8, 4) is 0 Å². The van der Waals surface area contributed by atoms with Gasteiger partial charge in [-0.2, -0.15) is 0 Å². The first kappa shape index (κ1) is 13.4. The third-order valence-corrected chi connectivity index (χ3v) is 4.30. The zero-order chi connectivity index (χ0) is 13.0. The summed E-state index contributed by atoms with van der Waals surface area (Å²) in [5.74, 6) is 0.267. The molecular weight excluding hydrogens is 244 g/mol. The molecule has 1 aliphatic carbocycles. The number of anilines is 1. The number of thioether (sulfide) groups is 1. The Balaban J connectivity index is 1.98. The van der Waals surface area contributed by atoms with E-state index in [0.717, 1.165) is 36.3 Å². The van der Waals surface area contributed by atoms with Crippen molar-refractivity contribution in [2.45, 2.75) is 36.6 Å². The Bertz CT molecular complexity index is 414. The van der Waals surface area contributed by atoms with Gasteiger partial charge in [0, 0.05) is 16.9 Å². The predicted molar refractivity (Wildman–Crippen MR) is 76.8 cm³/mol. The second kappa shape index (κ2) is 6.25. The fourth-order valence-electron chi connectivity index (χ4n) is 2.36. The molecule has 98 valence electrons. The number of amides is 1. The maximum absolute atomic E-state index is 12.2. The van der Waals surface area contributed by atoms with Crippen molar-refractivity contribution < 1.29 is 4.79 Å². The van der Waals surface area contributed by atoms with Crippen LogP contribution in [0.15, 0.2) is 29.2 Å². The van der Waals surface area contributed by atoms with Gasteiger partial charge in [-0.05, 0) is 44.1 Å². The first-order chi connectivity index (χ1) is 8.70. The molecule has 0 aromatic heterocycles. The molecule has 1 fully saturated rings. The Morgan fingerprint density at radius 2 is 1.94 bits per heavy atom. The molecule has 18 heavy (non-hydrogen) atoms. The summed E-state index contributed by atoms with van der Waals surface area (Å²) in [5.41, 5.74) is 6.78. The van der Waals surface area contributed by atoms with E-state index in [1.807, 2.05) is 30.5 Å². The van der Waals surface area contributed by atoms with Crippen LogP contribution in [0.2, 0.25) is 0 Å². The highest BCUT2D eigenvalue weighted by molar-refractivity contribution is 7.98. The second-order valence-corrected chi connectivity index (χ2v) is 5.65. The average Bonchev–Trinajstić information content (AvgIpc) is 2.40. The number of nitrogens with one attached hydrogen (secondary N) is 1. The van der Waals surface area contributed by atoms with Crippen LogP contribution < -0.4 is 11.1 Å². The van der Waals surface area contributed by atoms with Crippen LogP contribution in [0.25, 0.3) is 0 Å². The van der Waals surface area contributed by atoms with Crippen molar-refractivity contribution in [3.63, 3.8) is 0 Å². The molecule has 1 aliphatic rings. The van der Waals surface area contributed by atoms with Gasteiger partial charge in [0.1, 0.15) is 0 Å². The van der Waals surface area contributed by atoms with Crippen LogP contribution in [-0.2, 0) is 4.79 Å². The molecule has 0 spiro atoms. The summed E-state index contributed by atoms with van der Waals surface area (Å²) in [6.45, 7) is 0. The maximum atomic E-state index is 12.2. The fraction of sp³-hybridized carbons (Fsp3) is 0.500. The molecule has 3 N–H and O–H groups in total. The van der Waals surface area contributed by atoms with Gasteiger partial charge in [0.2, 0.25) is 5.91 Å². The summed E-state index contributed by atoms with van der Waals surface area (Å²) in [7, 11) is 0. The molecule has 2 rings (SSSR count). The summed E-state index contributed by atoms with van der Waals surface area (Å²) < 4.78 is 0. The monoisotopic (exact) mass is 264 g/mol. The molecule has 0 saturated heterocycles. The van der Waals surface area contributed by atoms with E-state index in [4.69, 9.17) is 5.73 Å². The zero-order valence-corrected chi connectivity index (χ0v) is 11.5. The van der Waals surface area contributed by atoms with Crippen LogP contribution in [0.3, 0.4) is 0 Å². The molecule has 3 nitrogen and oxygen atoms in total. The van der Waals surface area contributed by atoms with E-state index in [9.17, 15) is 4.79 Å². The molecule has 1 aromatic carbocycles. The van der Waals surface area contributed by atoms with Crippen LogP contribution in [-0.4, -0.2) is 18.2 Å². The van der Waals surface area contributed by atoms with Crippen LogP contribution in [0.4, 0.5) is 5.69 Å². The third kappa shape index (κ3) is 3.27. The van der Waals surface area contributed by atoms with Gasteiger partial charge in [0.15, 0.2) is 0 Å². The van der Waals surface area contributed by atoms with Crippen LogP contribution in [0.5, 0.6) is 0 Å². The normalized spacial score (nSPS) is 23.7. The lowest BCUT2D eigenvalue weighted by Crippen LogP contribution is -2.32. The third-order valence-electron chi connectivity index (χ3n) is 3.51. The lowest BCUT2D eigenvalue weighted by Gasteiger charge is -2.25. The van der Waals surface area contributed by atoms with E-state index in [1.165, 1.54) is 0 Å². The van der Waals surface area contributed by atoms with E-state index < -0.39 is 0 Å². The van der Waals surface area contributed by atoms with Crippen molar-refractivity contribution in [2.75, 3.05) is 11.6 Å². The maximum Gasteiger partial charge on any atom is 0.227 e. The lowest BCUT2D eigenvalue weighted by molar-refractivity contribution is -0.120. The Hall–Kier alpha value is -1.00. The van der Waals surface area contributed by atoms with Gasteiger partial charge in [0.25, 0.3) is 0 Å². The molecule has 0 radical (unpaired) electrons. The van der Waals surface area contributed by atoms with Crippen molar-refractivity contribution in [2.24, 2.45) is 11.7 Å². The molecule has 1 amide bonds. The molecule has 0 atom stereocenters. The highest BCUT2D eigenvalue weighted by Crippen LogP contribution is 2.28. The molecule has 0 bridgehead atoms. The van der Waals surface area contributed by atoms with Crippen molar-refractivity contribution in [1.29, 1.82) is 0 Å². The number of carbonyl (C=O) groups excluding carboxylic acids is 1. The number of benzene rings is 1. The molecule has 0 unspecified atom stereocenters. The summed E-state index contributed by atoms with van der Waals surface area (Å²) in [6.07, 6.45) is 5.76. The van der Waals surface area contributed by atoms with Crippen LogP contribution >= 0.6 is 11.8 Å². The van der Waals surface area contributed by atoms with E-state index >= 15 is 0 Å². The van der Waals surface area contributed by atoms with E-state index in [0.29, 0.717) is 0 Å². The number of para-hydroxylation sites is 1. The van der Waals surface area contributed by atoms with Gasteiger partial charge < -0.3 is 11.1 Å². The van der Waals surface area contributed by atoms with E-state index in [1.54, 1.807) is 11.8 Å². The molecular formula is C14H20N2OS. The predicted octanol–water partition coefficient (Wildman–Crippen LogP) is 2.86. The minimum atomic E-state index is 0.125. The minimum Gasteiger partial charge on any atom is -0.328 e. The van der Waals surface area contributed by atoms with Gasteiger partial charge in [-0.15, -0.1) is 11.8 Å². The number of nitrogens with two attached hydrogens (primary N) is 1. The number of hydrogen-bond donors (Lipinski definition) is 2. The Morgan fingerprint density at radius 1 is 1.28 bits per heavy atom. The van der Waals surface area contributed by atoms with Crippen molar-refractivity contribution in [3.05, 3.63) is 24.3 Å². The van der Waals surface area contributed by atoms with Gasteiger partial charge in [-0.25, -0.2) is 0 Å². The Labute approximate surface area is 113 Å². The van der Waals surface area contributed by atoms with Gasteiger partial charge in [0.05, 0.1) is 5.69 Å². The number of rotatable bonds is 3. The van der Waals surface area contributed by atoms with Crippen LogP contribution in [0.1, 0.15) is 25.7 Å². The van der Waals surface area contributed by atoms with Gasteiger partial charge in [-0.3, -0.25) is 4.79 Å². The Morgan fingerprint density at radius 3 is 2.61 bits per heavy atom. The van der Waals surface area contributed by atoms with Gasteiger partial charge in [-0.1, -0.05) is 12.1 Å². The summed E-state index contributed by atoms with van der Waals surface area (Å²) in [5, 5.41) is 3.05. The SMILES string of the molecule is CSc1ccccc1NC(=O)C1CCC(N)CC1. The summed E-state index contributed by atoms with van der Waals surface area (Å²) in [4.78, 5) is 13.3. The second-order valence-electron chi connectivity index (χ2n) is 4.80. The zero-order valence-electron chi connectivity index (χ0n) is 10.7. The molecule has 1 saturated carbocycles. The van der Waals surface area contributed by atoms with Gasteiger partial charge >= 0.3 is 0 Å². The highest BCUT2D eigenvalue weighted by atomic mass is 32.2. The molecule has 4 heteroatoms. The van der Waals surface area contributed by atoms with Crippen molar-refractivity contribution in [1.82, 2.24) is 0 Å². The molecule has 0 heterocycles. The van der Waals surface area contributed by atoms with E-state index in [2.05, 4.69) is 5.32 Å². The summed E-state index contributed by atoms with van der Waals surface area (Å²) in [6, 6.07) is 8.20. The topological polar surface area (TPSA) is 55.1 Å². The first-order valence-corrected chi connectivity index (χ1v) is 7.62. The Kier molecular flexibility index (Phi) is 4.66. The lowest BCUT2D eigenvalue weighted by atomic mass is 9.86. The average molecular weight is 264 g/mol. The quantitative estimate of drug-likeness (QED) is 0.825.